The van der Waals surface area contributed by atoms with Crippen LogP contribution in [-0.4, -0.2) is 16.9 Å². The SMILES string of the molecule is CC(C)C1CCCCC1NC(=O)c1cc(Cl)ncc1N. The van der Waals surface area contributed by atoms with E-state index in [1.165, 1.54) is 31.5 Å². The van der Waals surface area contributed by atoms with Crippen molar-refractivity contribution in [3.63, 3.8) is 0 Å². The first kappa shape index (κ1) is 15.1. The van der Waals surface area contributed by atoms with Crippen molar-refractivity contribution >= 4 is 23.2 Å². The molecular formula is C15H22ClN3O. The van der Waals surface area contributed by atoms with Crippen LogP contribution in [0.5, 0.6) is 0 Å². The summed E-state index contributed by atoms with van der Waals surface area (Å²) < 4.78 is 0. The van der Waals surface area contributed by atoms with E-state index in [0.29, 0.717) is 23.1 Å². The lowest BCUT2D eigenvalue weighted by Gasteiger charge is -2.35. The van der Waals surface area contributed by atoms with Crippen molar-refractivity contribution in [1.29, 1.82) is 0 Å². The van der Waals surface area contributed by atoms with Gasteiger partial charge in [0.2, 0.25) is 0 Å². The van der Waals surface area contributed by atoms with E-state index in [-0.39, 0.29) is 17.1 Å². The summed E-state index contributed by atoms with van der Waals surface area (Å²) in [5.74, 6) is 0.953. The quantitative estimate of drug-likeness (QED) is 0.841. The topological polar surface area (TPSA) is 68.0 Å². The molecule has 0 radical (unpaired) electrons. The molecule has 2 unspecified atom stereocenters. The summed E-state index contributed by atoms with van der Waals surface area (Å²) in [4.78, 5) is 16.2. The van der Waals surface area contributed by atoms with Crippen molar-refractivity contribution in [2.75, 3.05) is 5.73 Å². The predicted molar refractivity (Wildman–Crippen MR) is 81.7 cm³/mol. The van der Waals surface area contributed by atoms with Crippen LogP contribution < -0.4 is 11.1 Å². The largest absolute Gasteiger partial charge is 0.397 e. The smallest absolute Gasteiger partial charge is 0.253 e. The highest BCUT2D eigenvalue weighted by atomic mass is 35.5. The Morgan fingerprint density at radius 1 is 1.45 bits per heavy atom. The Morgan fingerprint density at radius 3 is 2.85 bits per heavy atom. The standard InChI is InChI=1S/C15H22ClN3O/c1-9(2)10-5-3-4-6-13(10)19-15(20)11-7-14(16)18-8-12(11)17/h7-10,13H,3-6,17H2,1-2H3,(H,19,20). The maximum absolute atomic E-state index is 12.4. The molecule has 1 aromatic heterocycles. The molecule has 2 atom stereocenters. The minimum Gasteiger partial charge on any atom is -0.397 e. The number of carbonyl (C=O) groups is 1. The van der Waals surface area contributed by atoms with Crippen LogP contribution in [-0.2, 0) is 0 Å². The summed E-state index contributed by atoms with van der Waals surface area (Å²) in [5.41, 5.74) is 6.59. The number of nitrogens with two attached hydrogens (primary N) is 1. The van der Waals surface area contributed by atoms with Gasteiger partial charge in [0.05, 0.1) is 17.4 Å². The number of nitrogens with zero attached hydrogens (tertiary/aromatic N) is 1. The fourth-order valence-corrected chi connectivity index (χ4v) is 3.18. The Balaban J connectivity index is 2.11. The molecule has 0 spiro atoms. The van der Waals surface area contributed by atoms with Crippen LogP contribution in [0.25, 0.3) is 0 Å². The van der Waals surface area contributed by atoms with Gasteiger partial charge >= 0.3 is 0 Å². The lowest BCUT2D eigenvalue weighted by atomic mass is 9.78. The minimum atomic E-state index is -0.149. The maximum atomic E-state index is 12.4. The second-order valence-corrected chi connectivity index (χ2v) is 6.25. The second kappa shape index (κ2) is 6.44. The normalized spacial score (nSPS) is 22.8. The Kier molecular flexibility index (Phi) is 4.86. The molecule has 1 fully saturated rings. The van der Waals surface area contributed by atoms with E-state index >= 15 is 0 Å². The van der Waals surface area contributed by atoms with Gasteiger partial charge in [-0.2, -0.15) is 0 Å². The van der Waals surface area contributed by atoms with Crippen LogP contribution in [0, 0.1) is 11.8 Å². The average Bonchev–Trinajstić information content (AvgIpc) is 2.41. The van der Waals surface area contributed by atoms with Crippen molar-refractivity contribution < 1.29 is 4.79 Å². The maximum Gasteiger partial charge on any atom is 0.253 e. The first-order valence-electron chi connectivity index (χ1n) is 7.21. The van der Waals surface area contributed by atoms with Crippen molar-refractivity contribution in [3.8, 4) is 0 Å². The number of pyridine rings is 1. The minimum absolute atomic E-state index is 0.149. The van der Waals surface area contributed by atoms with Crippen molar-refractivity contribution in [2.24, 2.45) is 11.8 Å². The van der Waals surface area contributed by atoms with Gasteiger partial charge in [-0.05, 0) is 30.7 Å². The molecular weight excluding hydrogens is 274 g/mol. The molecule has 0 aromatic carbocycles. The molecule has 1 aromatic rings. The number of anilines is 1. The summed E-state index contributed by atoms with van der Waals surface area (Å²) in [6.45, 7) is 4.43. The summed E-state index contributed by atoms with van der Waals surface area (Å²) in [6.07, 6.45) is 6.06. The molecule has 1 aliphatic carbocycles. The van der Waals surface area contributed by atoms with E-state index < -0.39 is 0 Å². The fourth-order valence-electron chi connectivity index (χ4n) is 3.02. The highest BCUT2D eigenvalue weighted by Crippen LogP contribution is 2.30. The Hall–Kier alpha value is -1.29. The highest BCUT2D eigenvalue weighted by molar-refractivity contribution is 6.29. The molecule has 1 heterocycles. The van der Waals surface area contributed by atoms with Gasteiger partial charge in [-0.25, -0.2) is 4.98 Å². The summed E-state index contributed by atoms with van der Waals surface area (Å²) in [6, 6.07) is 1.75. The van der Waals surface area contributed by atoms with E-state index in [1.807, 2.05) is 0 Å². The Bertz CT molecular complexity index is 490. The van der Waals surface area contributed by atoms with Crippen LogP contribution >= 0.6 is 11.6 Å². The number of aromatic nitrogens is 1. The molecule has 1 aliphatic rings. The third-order valence-corrected chi connectivity index (χ3v) is 4.34. The number of nitrogens with one attached hydrogen (secondary N) is 1. The van der Waals surface area contributed by atoms with Gasteiger partial charge in [0, 0.05) is 6.04 Å². The van der Waals surface area contributed by atoms with Gasteiger partial charge < -0.3 is 11.1 Å². The molecule has 2 rings (SSSR count). The zero-order chi connectivity index (χ0) is 14.7. The molecule has 0 saturated heterocycles. The molecule has 1 saturated carbocycles. The number of halogens is 1. The molecule has 0 bridgehead atoms. The number of hydrogen-bond donors (Lipinski definition) is 2. The highest BCUT2D eigenvalue weighted by Gasteiger charge is 2.29. The predicted octanol–water partition coefficient (Wildman–Crippen LogP) is 3.26. The number of carbonyl (C=O) groups excluding carboxylic acids is 1. The van der Waals surface area contributed by atoms with Gasteiger partial charge in [0.25, 0.3) is 5.91 Å². The van der Waals surface area contributed by atoms with E-state index in [2.05, 4.69) is 24.1 Å². The molecule has 110 valence electrons. The van der Waals surface area contributed by atoms with Gasteiger partial charge in [0.15, 0.2) is 0 Å². The zero-order valence-corrected chi connectivity index (χ0v) is 12.8. The number of rotatable bonds is 3. The number of nitrogen functional groups attached to an aromatic ring is 1. The van der Waals surface area contributed by atoms with Gasteiger partial charge in [-0.3, -0.25) is 4.79 Å². The average molecular weight is 296 g/mol. The first-order valence-corrected chi connectivity index (χ1v) is 7.58. The van der Waals surface area contributed by atoms with E-state index in [9.17, 15) is 4.79 Å². The lowest BCUT2D eigenvalue weighted by Crippen LogP contribution is -2.44. The molecule has 5 heteroatoms. The monoisotopic (exact) mass is 295 g/mol. The van der Waals surface area contributed by atoms with Gasteiger partial charge in [0.1, 0.15) is 5.15 Å². The van der Waals surface area contributed by atoms with Crippen molar-refractivity contribution in [3.05, 3.63) is 23.0 Å². The lowest BCUT2D eigenvalue weighted by molar-refractivity contribution is 0.0890. The third kappa shape index (κ3) is 3.42. The van der Waals surface area contributed by atoms with Crippen molar-refractivity contribution in [1.82, 2.24) is 10.3 Å². The van der Waals surface area contributed by atoms with Crippen LogP contribution in [0.3, 0.4) is 0 Å². The van der Waals surface area contributed by atoms with Crippen LogP contribution in [0.15, 0.2) is 12.3 Å². The van der Waals surface area contributed by atoms with Crippen molar-refractivity contribution in [2.45, 2.75) is 45.6 Å². The second-order valence-electron chi connectivity index (χ2n) is 5.87. The molecule has 3 N–H and O–H groups in total. The third-order valence-electron chi connectivity index (χ3n) is 4.14. The number of amides is 1. The summed E-state index contributed by atoms with van der Waals surface area (Å²) in [5, 5.41) is 3.41. The first-order chi connectivity index (χ1) is 9.49. The van der Waals surface area contributed by atoms with E-state index in [4.69, 9.17) is 17.3 Å². The van der Waals surface area contributed by atoms with Gasteiger partial charge in [-0.1, -0.05) is 38.3 Å². The van der Waals surface area contributed by atoms with Gasteiger partial charge in [-0.15, -0.1) is 0 Å². The summed E-state index contributed by atoms with van der Waals surface area (Å²) in [7, 11) is 0. The van der Waals surface area contributed by atoms with Crippen LogP contribution in [0.1, 0.15) is 49.9 Å². The van der Waals surface area contributed by atoms with Crippen LogP contribution in [0.2, 0.25) is 5.15 Å². The zero-order valence-electron chi connectivity index (χ0n) is 12.0. The summed E-state index contributed by atoms with van der Waals surface area (Å²) >= 11 is 5.84. The molecule has 0 aliphatic heterocycles. The Morgan fingerprint density at radius 2 is 2.15 bits per heavy atom. The van der Waals surface area contributed by atoms with E-state index in [1.54, 1.807) is 0 Å². The number of hydrogen-bond acceptors (Lipinski definition) is 3. The molecule has 1 amide bonds. The molecule has 4 nitrogen and oxygen atoms in total. The molecule has 20 heavy (non-hydrogen) atoms. The fraction of sp³-hybridized carbons (Fsp3) is 0.600. The van der Waals surface area contributed by atoms with Crippen LogP contribution in [0.4, 0.5) is 5.69 Å². The van der Waals surface area contributed by atoms with E-state index in [0.717, 1.165) is 6.42 Å². The Labute approximate surface area is 125 Å².